The molecule has 98 valence electrons. The van der Waals surface area contributed by atoms with E-state index in [1.807, 2.05) is 24.3 Å². The molecule has 0 atom stereocenters. The Morgan fingerprint density at radius 3 is 2.63 bits per heavy atom. The van der Waals surface area contributed by atoms with Crippen molar-refractivity contribution in [2.75, 3.05) is 6.54 Å². The monoisotopic (exact) mass is 273 g/mol. The van der Waals surface area contributed by atoms with Crippen LogP contribution in [0.4, 0.5) is 0 Å². The molecule has 0 radical (unpaired) electrons. The summed E-state index contributed by atoms with van der Waals surface area (Å²) in [6, 6.07) is 13.7. The molecule has 19 heavy (non-hydrogen) atoms. The third-order valence-electron chi connectivity index (χ3n) is 3.60. The standard InChI is InChI=1S/C16H16ClNO/c17-15-4-1-12(2-5-15)10-18-8-7-13-9-16(19)6-3-14(13)11-18/h1-6,9,19H,7-8,10-11H2. The number of aromatic hydroxyl groups is 1. The average Bonchev–Trinajstić information content (AvgIpc) is 2.42. The predicted molar refractivity (Wildman–Crippen MR) is 77.4 cm³/mol. The fourth-order valence-corrected chi connectivity index (χ4v) is 2.71. The van der Waals surface area contributed by atoms with Gasteiger partial charge in [0.05, 0.1) is 0 Å². The Balaban J connectivity index is 1.72. The minimum absolute atomic E-state index is 0.366. The van der Waals surface area contributed by atoms with E-state index in [1.165, 1.54) is 16.7 Å². The summed E-state index contributed by atoms with van der Waals surface area (Å²) in [6.07, 6.45) is 0.997. The Bertz CT molecular complexity index is 580. The summed E-state index contributed by atoms with van der Waals surface area (Å²) < 4.78 is 0. The quantitative estimate of drug-likeness (QED) is 0.904. The van der Waals surface area contributed by atoms with Crippen molar-refractivity contribution in [3.63, 3.8) is 0 Å². The maximum Gasteiger partial charge on any atom is 0.115 e. The van der Waals surface area contributed by atoms with Crippen molar-refractivity contribution in [1.82, 2.24) is 4.90 Å². The summed E-state index contributed by atoms with van der Waals surface area (Å²) in [5.41, 5.74) is 3.87. The number of fused-ring (bicyclic) bond motifs is 1. The van der Waals surface area contributed by atoms with E-state index in [4.69, 9.17) is 11.6 Å². The van der Waals surface area contributed by atoms with Gasteiger partial charge in [-0.15, -0.1) is 0 Å². The first kappa shape index (κ1) is 12.5. The molecule has 1 aliphatic heterocycles. The van der Waals surface area contributed by atoms with Crippen molar-refractivity contribution in [3.8, 4) is 5.75 Å². The van der Waals surface area contributed by atoms with Gasteiger partial charge in [-0.3, -0.25) is 4.90 Å². The number of hydrogen-bond acceptors (Lipinski definition) is 2. The summed E-state index contributed by atoms with van der Waals surface area (Å²) in [4.78, 5) is 2.42. The van der Waals surface area contributed by atoms with Crippen LogP contribution in [0.2, 0.25) is 5.02 Å². The molecule has 1 aliphatic rings. The van der Waals surface area contributed by atoms with Crippen LogP contribution in [0, 0.1) is 0 Å². The Hall–Kier alpha value is -1.51. The number of phenols is 1. The number of hydrogen-bond donors (Lipinski definition) is 1. The fourth-order valence-electron chi connectivity index (χ4n) is 2.58. The molecule has 0 unspecified atom stereocenters. The molecule has 0 aromatic heterocycles. The van der Waals surface area contributed by atoms with Crippen molar-refractivity contribution in [2.45, 2.75) is 19.5 Å². The number of halogens is 1. The summed E-state index contributed by atoms with van der Waals surface area (Å²) >= 11 is 5.90. The van der Waals surface area contributed by atoms with E-state index in [-0.39, 0.29) is 0 Å². The Morgan fingerprint density at radius 1 is 1.05 bits per heavy atom. The van der Waals surface area contributed by atoms with Gasteiger partial charge >= 0.3 is 0 Å². The fraction of sp³-hybridized carbons (Fsp3) is 0.250. The Kier molecular flexibility index (Phi) is 3.45. The molecule has 3 heteroatoms. The maximum absolute atomic E-state index is 9.49. The summed E-state index contributed by atoms with van der Waals surface area (Å²) in [6.45, 7) is 2.91. The highest BCUT2D eigenvalue weighted by molar-refractivity contribution is 6.30. The van der Waals surface area contributed by atoms with Gasteiger partial charge in [-0.05, 0) is 47.4 Å². The minimum Gasteiger partial charge on any atom is -0.508 e. The lowest BCUT2D eigenvalue weighted by molar-refractivity contribution is 0.245. The molecule has 2 aromatic carbocycles. The van der Waals surface area contributed by atoms with Crippen molar-refractivity contribution >= 4 is 11.6 Å². The van der Waals surface area contributed by atoms with Crippen LogP contribution in [0.5, 0.6) is 5.75 Å². The molecule has 0 saturated carbocycles. The lowest BCUT2D eigenvalue weighted by atomic mass is 9.99. The molecule has 3 rings (SSSR count). The molecule has 0 saturated heterocycles. The van der Waals surface area contributed by atoms with Gasteiger partial charge in [0.1, 0.15) is 5.75 Å². The van der Waals surface area contributed by atoms with Crippen LogP contribution in [-0.2, 0) is 19.5 Å². The Morgan fingerprint density at radius 2 is 1.84 bits per heavy atom. The van der Waals surface area contributed by atoms with Crippen molar-refractivity contribution < 1.29 is 5.11 Å². The van der Waals surface area contributed by atoms with E-state index < -0.39 is 0 Å². The summed E-state index contributed by atoms with van der Waals surface area (Å²) in [7, 11) is 0. The van der Waals surface area contributed by atoms with E-state index in [0.717, 1.165) is 31.1 Å². The molecule has 1 heterocycles. The van der Waals surface area contributed by atoms with Gasteiger partial charge in [0.25, 0.3) is 0 Å². The van der Waals surface area contributed by atoms with Gasteiger partial charge in [-0.25, -0.2) is 0 Å². The molecule has 2 aromatic rings. The first-order valence-electron chi connectivity index (χ1n) is 6.48. The molecule has 2 nitrogen and oxygen atoms in total. The van der Waals surface area contributed by atoms with Crippen molar-refractivity contribution in [1.29, 1.82) is 0 Å². The highest BCUT2D eigenvalue weighted by atomic mass is 35.5. The van der Waals surface area contributed by atoms with Crippen LogP contribution >= 0.6 is 11.6 Å². The van der Waals surface area contributed by atoms with E-state index >= 15 is 0 Å². The van der Waals surface area contributed by atoms with E-state index in [0.29, 0.717) is 5.75 Å². The lowest BCUT2D eigenvalue weighted by Gasteiger charge is -2.28. The largest absolute Gasteiger partial charge is 0.508 e. The minimum atomic E-state index is 0.366. The van der Waals surface area contributed by atoms with E-state index in [1.54, 1.807) is 6.07 Å². The molecule has 1 N–H and O–H groups in total. The van der Waals surface area contributed by atoms with Crippen molar-refractivity contribution in [2.24, 2.45) is 0 Å². The topological polar surface area (TPSA) is 23.5 Å². The first-order chi connectivity index (χ1) is 9.20. The highest BCUT2D eigenvalue weighted by Crippen LogP contribution is 2.24. The van der Waals surface area contributed by atoms with Crippen LogP contribution in [0.1, 0.15) is 16.7 Å². The van der Waals surface area contributed by atoms with Crippen LogP contribution < -0.4 is 0 Å². The highest BCUT2D eigenvalue weighted by Gasteiger charge is 2.16. The van der Waals surface area contributed by atoms with Crippen LogP contribution in [0.15, 0.2) is 42.5 Å². The maximum atomic E-state index is 9.49. The van der Waals surface area contributed by atoms with Gasteiger partial charge in [0, 0.05) is 24.7 Å². The Labute approximate surface area is 118 Å². The molecule has 0 aliphatic carbocycles. The number of phenolic OH excluding ortho intramolecular Hbond substituents is 1. The zero-order valence-electron chi connectivity index (χ0n) is 10.6. The van der Waals surface area contributed by atoms with E-state index in [2.05, 4.69) is 17.0 Å². The molecule has 0 spiro atoms. The molecular formula is C16H16ClNO. The zero-order chi connectivity index (χ0) is 13.2. The second-order valence-corrected chi connectivity index (χ2v) is 5.48. The number of nitrogens with zero attached hydrogens (tertiary/aromatic N) is 1. The van der Waals surface area contributed by atoms with Gasteiger partial charge < -0.3 is 5.11 Å². The molecular weight excluding hydrogens is 258 g/mol. The smallest absolute Gasteiger partial charge is 0.115 e. The normalized spacial score (nSPS) is 15.2. The van der Waals surface area contributed by atoms with Crippen LogP contribution in [-0.4, -0.2) is 16.6 Å². The predicted octanol–water partition coefficient (Wildman–Crippen LogP) is 3.60. The van der Waals surface area contributed by atoms with Crippen LogP contribution in [0.25, 0.3) is 0 Å². The summed E-state index contributed by atoms with van der Waals surface area (Å²) in [5, 5.41) is 10.3. The van der Waals surface area contributed by atoms with Crippen molar-refractivity contribution in [3.05, 3.63) is 64.2 Å². The van der Waals surface area contributed by atoms with Gasteiger partial charge in [-0.1, -0.05) is 29.8 Å². The lowest BCUT2D eigenvalue weighted by Crippen LogP contribution is -2.29. The van der Waals surface area contributed by atoms with Gasteiger partial charge in [-0.2, -0.15) is 0 Å². The second-order valence-electron chi connectivity index (χ2n) is 5.04. The average molecular weight is 274 g/mol. The second kappa shape index (κ2) is 5.24. The summed E-state index contributed by atoms with van der Waals surface area (Å²) in [5.74, 6) is 0.366. The third-order valence-corrected chi connectivity index (χ3v) is 3.85. The van der Waals surface area contributed by atoms with Crippen LogP contribution in [0.3, 0.4) is 0 Å². The number of rotatable bonds is 2. The zero-order valence-corrected chi connectivity index (χ0v) is 11.4. The van der Waals surface area contributed by atoms with E-state index in [9.17, 15) is 5.11 Å². The van der Waals surface area contributed by atoms with Gasteiger partial charge in [0.2, 0.25) is 0 Å². The SMILES string of the molecule is Oc1ccc2c(c1)CCN(Cc1ccc(Cl)cc1)C2. The molecule has 0 bridgehead atoms. The molecule has 0 fully saturated rings. The molecule has 0 amide bonds. The first-order valence-corrected chi connectivity index (χ1v) is 6.86. The third kappa shape index (κ3) is 2.91. The number of benzene rings is 2. The van der Waals surface area contributed by atoms with Gasteiger partial charge in [0.15, 0.2) is 0 Å².